The first kappa shape index (κ1) is 20.6. The van der Waals surface area contributed by atoms with Gasteiger partial charge in [-0.05, 0) is 32.0 Å². The summed E-state index contributed by atoms with van der Waals surface area (Å²) in [7, 11) is 0. The number of carbonyl (C=O) groups excluding carboxylic acids is 2. The van der Waals surface area contributed by atoms with Gasteiger partial charge in [0.1, 0.15) is 16.6 Å². The van der Waals surface area contributed by atoms with Gasteiger partial charge in [-0.25, -0.2) is 13.8 Å². The van der Waals surface area contributed by atoms with Crippen LogP contribution in [0, 0.1) is 25.5 Å². The number of nitrogens with zero attached hydrogens (tertiary/aromatic N) is 1. The van der Waals surface area contributed by atoms with E-state index in [0.717, 1.165) is 38.8 Å². The predicted octanol–water partition coefficient (Wildman–Crippen LogP) is 4.00. The number of rotatable bonds is 5. The normalized spacial score (nSPS) is 10.6. The monoisotopic (exact) mass is 415 g/mol. The minimum atomic E-state index is -1.02. The second-order valence-corrected chi connectivity index (χ2v) is 7.56. The van der Waals surface area contributed by atoms with Crippen molar-refractivity contribution >= 4 is 28.8 Å². The molecular formula is C21H19F2N3O2S. The fourth-order valence-electron chi connectivity index (χ4n) is 2.70. The molecule has 0 atom stereocenters. The average molecular weight is 415 g/mol. The van der Waals surface area contributed by atoms with Crippen molar-refractivity contribution in [1.29, 1.82) is 0 Å². The summed E-state index contributed by atoms with van der Waals surface area (Å²) in [6.45, 7) is 4.15. The highest BCUT2D eigenvalue weighted by Crippen LogP contribution is 2.28. The Labute approximate surface area is 170 Å². The standard InChI is InChI=1S/C21H19F2N3O2S/c1-12-4-3-5-14(10-12)21-25-13(2)18(29-21)8-9-24-19(27)20(28)26-17-7-6-15(22)11-16(17)23/h3-7,10-11H,8-9H2,1-2H3,(H,24,27)(H,26,28). The summed E-state index contributed by atoms with van der Waals surface area (Å²) in [4.78, 5) is 29.4. The maximum atomic E-state index is 13.6. The maximum absolute atomic E-state index is 13.6. The molecule has 0 aliphatic rings. The molecule has 29 heavy (non-hydrogen) atoms. The lowest BCUT2D eigenvalue weighted by Gasteiger charge is -2.07. The molecule has 0 saturated carbocycles. The zero-order valence-corrected chi connectivity index (χ0v) is 16.7. The molecule has 2 aromatic carbocycles. The highest BCUT2D eigenvalue weighted by atomic mass is 32.1. The summed E-state index contributed by atoms with van der Waals surface area (Å²) in [6.07, 6.45) is 0.513. The number of thiazole rings is 1. The number of carbonyl (C=O) groups is 2. The topological polar surface area (TPSA) is 71.1 Å². The number of anilines is 1. The van der Waals surface area contributed by atoms with Crippen LogP contribution in [0.2, 0.25) is 0 Å². The van der Waals surface area contributed by atoms with E-state index in [0.29, 0.717) is 12.5 Å². The summed E-state index contributed by atoms with van der Waals surface area (Å²) in [5, 5.41) is 5.52. The number of hydrogen-bond donors (Lipinski definition) is 2. The Morgan fingerprint density at radius 3 is 2.59 bits per heavy atom. The first-order valence-corrected chi connectivity index (χ1v) is 9.72. The summed E-state index contributed by atoms with van der Waals surface area (Å²) in [5.74, 6) is -3.63. The number of amides is 2. The molecule has 0 saturated heterocycles. The van der Waals surface area contributed by atoms with Crippen molar-refractivity contribution in [2.24, 2.45) is 0 Å². The Kier molecular flexibility index (Phi) is 6.33. The fraction of sp³-hybridized carbons (Fsp3) is 0.190. The minimum absolute atomic E-state index is 0.231. The van der Waals surface area contributed by atoms with Gasteiger partial charge in [0.25, 0.3) is 0 Å². The molecular weight excluding hydrogens is 396 g/mol. The summed E-state index contributed by atoms with van der Waals surface area (Å²) in [5.41, 5.74) is 2.80. The highest BCUT2D eigenvalue weighted by molar-refractivity contribution is 7.15. The van der Waals surface area contributed by atoms with Gasteiger partial charge in [0, 0.05) is 29.5 Å². The van der Waals surface area contributed by atoms with E-state index in [9.17, 15) is 18.4 Å². The third kappa shape index (κ3) is 5.23. The van der Waals surface area contributed by atoms with Crippen LogP contribution in [0.25, 0.3) is 10.6 Å². The van der Waals surface area contributed by atoms with Crippen molar-refractivity contribution in [3.05, 3.63) is 70.2 Å². The summed E-state index contributed by atoms with van der Waals surface area (Å²) < 4.78 is 26.5. The molecule has 8 heteroatoms. The molecule has 2 amide bonds. The van der Waals surface area contributed by atoms with Gasteiger partial charge in [-0.3, -0.25) is 9.59 Å². The van der Waals surface area contributed by atoms with Crippen LogP contribution in [0.15, 0.2) is 42.5 Å². The van der Waals surface area contributed by atoms with Crippen molar-refractivity contribution in [1.82, 2.24) is 10.3 Å². The van der Waals surface area contributed by atoms with Crippen molar-refractivity contribution in [2.45, 2.75) is 20.3 Å². The lowest BCUT2D eigenvalue weighted by Crippen LogP contribution is -2.36. The van der Waals surface area contributed by atoms with Gasteiger partial charge in [0.15, 0.2) is 0 Å². The van der Waals surface area contributed by atoms with Gasteiger partial charge >= 0.3 is 11.8 Å². The third-order valence-corrected chi connectivity index (χ3v) is 5.45. The highest BCUT2D eigenvalue weighted by Gasteiger charge is 2.16. The van der Waals surface area contributed by atoms with Crippen molar-refractivity contribution in [3.8, 4) is 10.6 Å². The molecule has 0 bridgehead atoms. The minimum Gasteiger partial charge on any atom is -0.347 e. The Morgan fingerprint density at radius 2 is 1.86 bits per heavy atom. The smallest absolute Gasteiger partial charge is 0.313 e. The third-order valence-electron chi connectivity index (χ3n) is 4.18. The Balaban J connectivity index is 1.55. The second kappa shape index (κ2) is 8.91. The molecule has 3 rings (SSSR count). The number of hydrogen-bond acceptors (Lipinski definition) is 4. The molecule has 1 aromatic heterocycles. The number of aromatic nitrogens is 1. The maximum Gasteiger partial charge on any atom is 0.313 e. The van der Waals surface area contributed by atoms with Crippen LogP contribution in [0.5, 0.6) is 0 Å². The van der Waals surface area contributed by atoms with E-state index < -0.39 is 23.4 Å². The second-order valence-electron chi connectivity index (χ2n) is 6.48. The zero-order valence-electron chi connectivity index (χ0n) is 15.9. The Bertz CT molecular complexity index is 1070. The SMILES string of the molecule is Cc1cccc(-c2nc(C)c(CCNC(=O)C(=O)Nc3ccc(F)cc3F)s2)c1. The molecule has 0 unspecified atom stereocenters. The Hall–Kier alpha value is -3.13. The van der Waals surface area contributed by atoms with Gasteiger partial charge < -0.3 is 10.6 Å². The van der Waals surface area contributed by atoms with E-state index in [1.54, 1.807) is 0 Å². The molecule has 0 spiro atoms. The molecule has 0 radical (unpaired) electrons. The van der Waals surface area contributed by atoms with Crippen LogP contribution in [0.3, 0.4) is 0 Å². The molecule has 0 aliphatic carbocycles. The summed E-state index contributed by atoms with van der Waals surface area (Å²) >= 11 is 1.54. The number of nitrogens with one attached hydrogen (secondary N) is 2. The van der Waals surface area contributed by atoms with E-state index in [1.165, 1.54) is 11.3 Å². The van der Waals surface area contributed by atoms with Crippen molar-refractivity contribution in [2.75, 3.05) is 11.9 Å². The largest absolute Gasteiger partial charge is 0.347 e. The van der Waals surface area contributed by atoms with E-state index in [4.69, 9.17) is 0 Å². The van der Waals surface area contributed by atoms with Crippen molar-refractivity contribution < 1.29 is 18.4 Å². The lowest BCUT2D eigenvalue weighted by molar-refractivity contribution is -0.136. The predicted molar refractivity (Wildman–Crippen MR) is 109 cm³/mol. The van der Waals surface area contributed by atoms with E-state index >= 15 is 0 Å². The lowest BCUT2D eigenvalue weighted by atomic mass is 10.1. The van der Waals surface area contributed by atoms with Gasteiger partial charge in [0.2, 0.25) is 0 Å². The van der Waals surface area contributed by atoms with Gasteiger partial charge in [-0.1, -0.05) is 23.8 Å². The van der Waals surface area contributed by atoms with Crippen LogP contribution in [0.1, 0.15) is 16.1 Å². The van der Waals surface area contributed by atoms with Crippen molar-refractivity contribution in [3.63, 3.8) is 0 Å². The quantitative estimate of drug-likeness (QED) is 0.619. The molecule has 0 aliphatic heterocycles. The number of aryl methyl sites for hydroxylation is 2. The van der Waals surface area contributed by atoms with Crippen LogP contribution in [0.4, 0.5) is 14.5 Å². The van der Waals surface area contributed by atoms with Crippen LogP contribution >= 0.6 is 11.3 Å². The van der Waals surface area contributed by atoms with E-state index in [2.05, 4.69) is 21.7 Å². The molecule has 0 fully saturated rings. The Morgan fingerprint density at radius 1 is 1.07 bits per heavy atom. The fourth-order valence-corrected chi connectivity index (χ4v) is 3.76. The molecule has 5 nitrogen and oxygen atoms in total. The van der Waals surface area contributed by atoms with Gasteiger partial charge in [-0.2, -0.15) is 0 Å². The van der Waals surface area contributed by atoms with E-state index in [1.807, 2.05) is 32.0 Å². The van der Waals surface area contributed by atoms with E-state index in [-0.39, 0.29) is 12.2 Å². The number of benzene rings is 2. The number of halogens is 2. The van der Waals surface area contributed by atoms with Gasteiger partial charge in [-0.15, -0.1) is 11.3 Å². The van der Waals surface area contributed by atoms with Gasteiger partial charge in [0.05, 0.1) is 11.4 Å². The molecule has 2 N–H and O–H groups in total. The first-order valence-electron chi connectivity index (χ1n) is 8.91. The van der Waals surface area contributed by atoms with Crippen LogP contribution < -0.4 is 10.6 Å². The molecule has 150 valence electrons. The molecule has 3 aromatic rings. The molecule has 1 heterocycles. The zero-order chi connectivity index (χ0) is 21.0. The van der Waals surface area contributed by atoms with Crippen LogP contribution in [-0.4, -0.2) is 23.3 Å². The average Bonchev–Trinajstić information content (AvgIpc) is 3.04. The first-order chi connectivity index (χ1) is 13.8. The summed E-state index contributed by atoms with van der Waals surface area (Å²) in [6, 6.07) is 10.7. The van der Waals surface area contributed by atoms with Crippen LogP contribution in [-0.2, 0) is 16.0 Å².